The molecule has 1 amide bonds. The first kappa shape index (κ1) is 22.2. The fraction of sp³-hybridized carbons (Fsp3) is 0.412. The van der Waals surface area contributed by atoms with E-state index in [0.29, 0.717) is 30.9 Å². The number of guanidine groups is 1. The average Bonchev–Trinajstić information content (AvgIpc) is 2.99. The topological polar surface area (TPSA) is 138 Å². The number of rotatable bonds is 8. The van der Waals surface area contributed by atoms with E-state index in [1.165, 1.54) is 11.3 Å². The fourth-order valence-corrected chi connectivity index (χ4v) is 3.60. The van der Waals surface area contributed by atoms with E-state index in [1.807, 2.05) is 24.3 Å². The fourth-order valence-electron chi connectivity index (χ4n) is 2.64. The number of Topliss-reactive ketones (excluding diaryl/α,β-unsaturated/α-hetero) is 1. The Morgan fingerprint density at radius 1 is 1.37 bits per heavy atom. The molecule has 1 saturated heterocycles. The monoisotopic (exact) mass is 600 g/mol. The van der Waals surface area contributed by atoms with Crippen LogP contribution in [0.5, 0.6) is 0 Å². The molecule has 141 valence electrons. The van der Waals surface area contributed by atoms with Crippen LogP contribution in [0.25, 0.3) is 15.5 Å². The SMILES string of the molecule is NC(N)=NCCCC(NC(=O)[C@@H]1CC[N-]1)C(=O)c1nc2ccccc2s1.[Ac]. The molecule has 0 spiro atoms. The summed E-state index contributed by atoms with van der Waals surface area (Å²) in [5, 5.41) is 7.33. The standard InChI is InChI=1S/C17H21N6O2S.Ac/c18-17(19)21-8-3-5-11(22-15(25)12-7-9-20-12)14(24)16-23-10-4-1-2-6-13(10)26-16;/h1-2,4,6,11-12H,3,5,7-9H2,(H,22,25)(H4,18,19,21);/q-1;/t11?,12-;/m0./s1. The van der Waals surface area contributed by atoms with Crippen molar-refractivity contribution in [1.82, 2.24) is 10.3 Å². The Kier molecular flexibility index (Phi) is 8.61. The van der Waals surface area contributed by atoms with Crippen LogP contribution in [0.15, 0.2) is 29.3 Å². The minimum Gasteiger partial charge on any atom is -0.652 e. The number of aliphatic imine (C=N–C) groups is 1. The van der Waals surface area contributed by atoms with E-state index >= 15 is 0 Å². The predicted molar refractivity (Wildman–Crippen MR) is 102 cm³/mol. The van der Waals surface area contributed by atoms with E-state index in [9.17, 15) is 9.59 Å². The number of thiazole rings is 1. The Labute approximate surface area is 197 Å². The first-order valence-corrected chi connectivity index (χ1v) is 9.28. The van der Waals surface area contributed by atoms with Gasteiger partial charge in [0.2, 0.25) is 11.7 Å². The van der Waals surface area contributed by atoms with Crippen molar-refractivity contribution in [2.45, 2.75) is 31.3 Å². The maximum Gasteiger partial charge on any atom is 0.213 e. The van der Waals surface area contributed by atoms with E-state index in [1.54, 1.807) is 0 Å². The van der Waals surface area contributed by atoms with Gasteiger partial charge in [0.25, 0.3) is 0 Å². The molecule has 0 bridgehead atoms. The third kappa shape index (κ3) is 5.95. The Bertz CT molecular complexity index is 799. The number of aromatic nitrogens is 1. The summed E-state index contributed by atoms with van der Waals surface area (Å²) in [5.41, 5.74) is 11.4. The Hall–Kier alpha value is -1.08. The molecule has 1 aliphatic rings. The van der Waals surface area contributed by atoms with Crippen LogP contribution >= 0.6 is 11.3 Å². The molecule has 10 heteroatoms. The first-order valence-electron chi connectivity index (χ1n) is 8.47. The summed E-state index contributed by atoms with van der Waals surface area (Å²) < 4.78 is 0.940. The zero-order chi connectivity index (χ0) is 18.5. The van der Waals surface area contributed by atoms with Gasteiger partial charge < -0.3 is 22.1 Å². The van der Waals surface area contributed by atoms with Crippen LogP contribution in [0.3, 0.4) is 0 Å². The minimum absolute atomic E-state index is 0. The largest absolute Gasteiger partial charge is 0.652 e. The number of amides is 1. The zero-order valence-corrected chi connectivity index (χ0v) is 20.4. The summed E-state index contributed by atoms with van der Waals surface area (Å²) in [6.45, 7) is 1.09. The van der Waals surface area contributed by atoms with Crippen molar-refractivity contribution in [3.63, 3.8) is 0 Å². The Morgan fingerprint density at radius 2 is 2.11 bits per heavy atom. The number of ketones is 1. The number of nitrogens with two attached hydrogens (primary N) is 2. The molecule has 0 aliphatic carbocycles. The molecule has 3 rings (SSSR count). The number of fused-ring (bicyclic) bond motifs is 1. The molecule has 1 aromatic heterocycles. The zero-order valence-electron chi connectivity index (χ0n) is 14.8. The molecule has 8 nitrogen and oxygen atoms in total. The second-order valence-electron chi connectivity index (χ2n) is 6.07. The van der Waals surface area contributed by atoms with Gasteiger partial charge in [0.1, 0.15) is 0 Å². The van der Waals surface area contributed by atoms with E-state index in [-0.39, 0.29) is 67.8 Å². The molecule has 1 fully saturated rings. The molecule has 2 aromatic rings. The molecule has 27 heavy (non-hydrogen) atoms. The second-order valence-corrected chi connectivity index (χ2v) is 7.10. The summed E-state index contributed by atoms with van der Waals surface area (Å²) in [5.74, 6) is -0.391. The first-order chi connectivity index (χ1) is 12.5. The number of carbonyl (C=O) groups is 2. The maximum absolute atomic E-state index is 12.9. The summed E-state index contributed by atoms with van der Waals surface area (Å²) in [6.07, 6.45) is 1.73. The minimum atomic E-state index is -0.659. The van der Waals surface area contributed by atoms with Crippen molar-refractivity contribution in [1.29, 1.82) is 0 Å². The van der Waals surface area contributed by atoms with Gasteiger partial charge in [0, 0.05) is 50.6 Å². The number of benzene rings is 1. The number of hydrogen-bond donors (Lipinski definition) is 3. The second kappa shape index (κ2) is 10.5. The summed E-state index contributed by atoms with van der Waals surface area (Å²) in [7, 11) is 0. The van der Waals surface area contributed by atoms with Crippen molar-refractivity contribution in [2.24, 2.45) is 16.5 Å². The van der Waals surface area contributed by atoms with Crippen LogP contribution in [-0.4, -0.2) is 47.8 Å². The average molecular weight is 600 g/mol. The third-order valence-corrected chi connectivity index (χ3v) is 5.19. The molecule has 1 aliphatic heterocycles. The number of hydrogen-bond acceptors (Lipinski definition) is 5. The van der Waals surface area contributed by atoms with Gasteiger partial charge in [-0.15, -0.1) is 17.9 Å². The van der Waals surface area contributed by atoms with Crippen molar-refractivity contribution in [3.8, 4) is 0 Å². The van der Waals surface area contributed by atoms with E-state index in [2.05, 4.69) is 20.6 Å². The van der Waals surface area contributed by atoms with Crippen LogP contribution in [0, 0.1) is 44.1 Å². The molecule has 1 radical (unpaired) electrons. The number of nitrogens with zero attached hydrogens (tertiary/aromatic N) is 3. The molecule has 2 atom stereocenters. The quantitative estimate of drug-likeness (QED) is 0.181. The number of nitrogens with one attached hydrogen (secondary N) is 1. The van der Waals surface area contributed by atoms with Gasteiger partial charge in [-0.2, -0.15) is 0 Å². The van der Waals surface area contributed by atoms with Crippen LogP contribution in [-0.2, 0) is 4.79 Å². The summed E-state index contributed by atoms with van der Waals surface area (Å²) >= 11 is 1.33. The predicted octanol–water partition coefficient (Wildman–Crippen LogP) is 1.16. The molecule has 1 unspecified atom stereocenters. The Balaban J connectivity index is 0.00000261. The van der Waals surface area contributed by atoms with Gasteiger partial charge in [0.05, 0.1) is 16.3 Å². The van der Waals surface area contributed by atoms with E-state index in [4.69, 9.17) is 11.5 Å². The van der Waals surface area contributed by atoms with E-state index < -0.39 is 6.04 Å². The summed E-state index contributed by atoms with van der Waals surface area (Å²) in [4.78, 5) is 33.5. The van der Waals surface area contributed by atoms with Gasteiger partial charge in [0.15, 0.2) is 11.0 Å². The van der Waals surface area contributed by atoms with E-state index in [0.717, 1.165) is 16.6 Å². The molecule has 5 N–H and O–H groups in total. The normalized spacial score (nSPS) is 16.7. The smallest absolute Gasteiger partial charge is 0.213 e. The molecular weight excluding hydrogens is 579 g/mol. The van der Waals surface area contributed by atoms with Crippen LogP contribution in [0.4, 0.5) is 0 Å². The van der Waals surface area contributed by atoms with Gasteiger partial charge in [-0.25, -0.2) is 4.98 Å². The van der Waals surface area contributed by atoms with Crippen molar-refractivity contribution < 1.29 is 53.7 Å². The van der Waals surface area contributed by atoms with Gasteiger partial charge >= 0.3 is 0 Å². The van der Waals surface area contributed by atoms with Gasteiger partial charge in [-0.05, 0) is 25.0 Å². The van der Waals surface area contributed by atoms with Gasteiger partial charge in [-0.3, -0.25) is 14.6 Å². The molecule has 2 heterocycles. The third-order valence-electron chi connectivity index (χ3n) is 4.14. The molecule has 1 aromatic carbocycles. The molecular formula is C17H21AcN6O2S-. The summed E-state index contributed by atoms with van der Waals surface area (Å²) in [6, 6.07) is 6.56. The number of para-hydroxylation sites is 1. The van der Waals surface area contributed by atoms with Crippen LogP contribution < -0.4 is 16.8 Å². The van der Waals surface area contributed by atoms with Crippen molar-refractivity contribution >= 4 is 39.2 Å². The number of carbonyl (C=O) groups excluding carboxylic acids is 2. The van der Waals surface area contributed by atoms with Crippen LogP contribution in [0.1, 0.15) is 29.1 Å². The maximum atomic E-state index is 12.9. The van der Waals surface area contributed by atoms with Gasteiger partial charge in [-0.1, -0.05) is 24.6 Å². The Morgan fingerprint density at radius 3 is 2.74 bits per heavy atom. The van der Waals surface area contributed by atoms with Crippen molar-refractivity contribution in [3.05, 3.63) is 34.6 Å². The van der Waals surface area contributed by atoms with Crippen molar-refractivity contribution in [2.75, 3.05) is 13.1 Å². The van der Waals surface area contributed by atoms with Crippen LogP contribution in [0.2, 0.25) is 0 Å². The molecule has 0 saturated carbocycles.